The zero-order valence-electron chi connectivity index (χ0n) is 22.3. The first-order chi connectivity index (χ1) is 20.6. The van der Waals surface area contributed by atoms with Crippen molar-refractivity contribution in [2.45, 2.75) is 10.5 Å². The Hall–Kier alpha value is -5.91. The smallest absolute Gasteiger partial charge is 0.258 e. The van der Waals surface area contributed by atoms with Crippen molar-refractivity contribution < 1.29 is 18.3 Å². The van der Waals surface area contributed by atoms with Crippen LogP contribution in [0.2, 0.25) is 0 Å². The minimum atomic E-state index is -4.21. The Morgan fingerprint density at radius 2 is 1.00 bits per heavy atom. The van der Waals surface area contributed by atoms with Gasteiger partial charge in [0.05, 0.1) is 33.1 Å². The van der Waals surface area contributed by atoms with Gasteiger partial charge in [0, 0.05) is 24.3 Å². The molecule has 0 radical (unpaired) electrons. The third kappa shape index (κ3) is 7.24. The van der Waals surface area contributed by atoms with Gasteiger partial charge in [-0.3, -0.25) is 20.2 Å². The molecule has 0 amide bonds. The second-order valence-electron chi connectivity index (χ2n) is 9.32. The van der Waals surface area contributed by atoms with Gasteiger partial charge in [0.15, 0.2) is 9.84 Å². The molecule has 43 heavy (non-hydrogen) atoms. The first kappa shape index (κ1) is 30.1. The van der Waals surface area contributed by atoms with Gasteiger partial charge in [-0.2, -0.15) is 10.5 Å². The zero-order valence-corrected chi connectivity index (χ0v) is 23.2. The van der Waals surface area contributed by atoms with Crippen molar-refractivity contribution in [1.82, 2.24) is 0 Å². The molecule has 0 aliphatic carbocycles. The molecule has 2 unspecified atom stereocenters. The van der Waals surface area contributed by atoms with Crippen molar-refractivity contribution in [2.24, 2.45) is 0 Å². The molecule has 11 heteroatoms. The molecule has 0 saturated carbocycles. The minimum Gasteiger partial charge on any atom is -0.258 e. The molecule has 212 valence electrons. The van der Waals surface area contributed by atoms with Crippen LogP contribution in [0.25, 0.3) is 12.2 Å². The largest absolute Gasteiger partial charge is 0.270 e. The van der Waals surface area contributed by atoms with E-state index in [9.17, 15) is 39.2 Å². The lowest BCUT2D eigenvalue weighted by Crippen LogP contribution is -2.19. The highest BCUT2D eigenvalue weighted by Gasteiger charge is 2.33. The predicted molar refractivity (Wildman–Crippen MR) is 161 cm³/mol. The van der Waals surface area contributed by atoms with Gasteiger partial charge in [-0.05, 0) is 46.5 Å². The molecular formula is C32H22N4O6S. The second kappa shape index (κ2) is 13.2. The predicted octanol–water partition coefficient (Wildman–Crippen LogP) is 6.87. The number of hydrogen-bond acceptors (Lipinski definition) is 8. The molecule has 0 N–H and O–H groups in total. The summed E-state index contributed by atoms with van der Waals surface area (Å²) in [6, 6.07) is 27.6. The van der Waals surface area contributed by atoms with Gasteiger partial charge in [0.2, 0.25) is 0 Å². The van der Waals surface area contributed by atoms with Crippen LogP contribution >= 0.6 is 0 Å². The highest BCUT2D eigenvalue weighted by molar-refractivity contribution is 7.92. The topological polar surface area (TPSA) is 168 Å². The molecule has 10 nitrogen and oxygen atoms in total. The molecule has 2 atom stereocenters. The standard InChI is InChI=1S/C32H22N4O6S/c33-21-25-7-13-27(14-8-25)31(17-11-23-3-1-5-29(19-23)35(37)38)43(41,42)32(28-15-9-26(22-34)10-16-28)18-12-24-4-2-6-30(20-24)36(39)40/h1-20,31-32H. The number of benzene rings is 4. The van der Waals surface area contributed by atoms with Gasteiger partial charge in [-0.1, -0.05) is 72.8 Å². The van der Waals surface area contributed by atoms with E-state index in [4.69, 9.17) is 0 Å². The summed E-state index contributed by atoms with van der Waals surface area (Å²) in [4.78, 5) is 21.4. The van der Waals surface area contributed by atoms with Crippen LogP contribution in [-0.2, 0) is 9.84 Å². The maximum absolute atomic E-state index is 14.5. The summed E-state index contributed by atoms with van der Waals surface area (Å²) in [5.41, 5.74) is 1.86. The lowest BCUT2D eigenvalue weighted by atomic mass is 10.1. The lowest BCUT2D eigenvalue weighted by molar-refractivity contribution is -0.385. The van der Waals surface area contributed by atoms with Crippen molar-refractivity contribution in [3.8, 4) is 12.1 Å². The van der Waals surface area contributed by atoms with E-state index in [0.717, 1.165) is 0 Å². The fourth-order valence-corrected chi connectivity index (χ4v) is 6.34. The molecule has 4 aromatic rings. The van der Waals surface area contributed by atoms with Crippen LogP contribution in [0.15, 0.2) is 109 Å². The van der Waals surface area contributed by atoms with Gasteiger partial charge in [0.1, 0.15) is 10.5 Å². The quantitative estimate of drug-likeness (QED) is 0.142. The van der Waals surface area contributed by atoms with Crippen LogP contribution in [0.3, 0.4) is 0 Å². The molecule has 0 aliphatic heterocycles. The number of nitriles is 2. The molecular weight excluding hydrogens is 568 g/mol. The number of nitro benzene ring substituents is 2. The monoisotopic (exact) mass is 590 g/mol. The highest BCUT2D eigenvalue weighted by atomic mass is 32.2. The Labute approximate surface area is 247 Å². The Morgan fingerprint density at radius 1 is 0.628 bits per heavy atom. The molecule has 0 heterocycles. The van der Waals surface area contributed by atoms with E-state index in [1.54, 1.807) is 12.1 Å². The summed E-state index contributed by atoms with van der Waals surface area (Å²) >= 11 is 0. The Morgan fingerprint density at radius 3 is 1.33 bits per heavy atom. The van der Waals surface area contributed by atoms with Crippen molar-refractivity contribution in [1.29, 1.82) is 10.5 Å². The number of sulfone groups is 1. The molecule has 0 aromatic heterocycles. The van der Waals surface area contributed by atoms with Crippen LogP contribution in [0.5, 0.6) is 0 Å². The van der Waals surface area contributed by atoms with E-state index in [1.807, 2.05) is 12.1 Å². The van der Waals surface area contributed by atoms with Crippen molar-refractivity contribution in [3.63, 3.8) is 0 Å². The van der Waals surface area contributed by atoms with Gasteiger partial charge >= 0.3 is 0 Å². The molecule has 0 bridgehead atoms. The molecule has 0 spiro atoms. The van der Waals surface area contributed by atoms with E-state index in [2.05, 4.69) is 0 Å². The molecule has 0 aliphatic rings. The average Bonchev–Trinajstić information content (AvgIpc) is 3.02. The van der Waals surface area contributed by atoms with Gasteiger partial charge in [0.25, 0.3) is 11.4 Å². The van der Waals surface area contributed by atoms with Crippen molar-refractivity contribution >= 4 is 33.4 Å². The van der Waals surface area contributed by atoms with Crippen LogP contribution in [-0.4, -0.2) is 18.3 Å². The van der Waals surface area contributed by atoms with Crippen molar-refractivity contribution in [2.75, 3.05) is 0 Å². The summed E-state index contributed by atoms with van der Waals surface area (Å²) < 4.78 is 29.0. The molecule has 4 aromatic carbocycles. The van der Waals surface area contributed by atoms with Gasteiger partial charge in [-0.15, -0.1) is 0 Å². The maximum Gasteiger partial charge on any atom is 0.270 e. The zero-order chi connectivity index (χ0) is 31.0. The van der Waals surface area contributed by atoms with E-state index in [0.29, 0.717) is 33.4 Å². The third-order valence-corrected chi connectivity index (χ3v) is 8.81. The summed E-state index contributed by atoms with van der Waals surface area (Å²) in [6.07, 6.45) is 5.81. The Bertz CT molecular complexity index is 1790. The first-order valence-corrected chi connectivity index (χ1v) is 14.3. The van der Waals surface area contributed by atoms with E-state index in [-0.39, 0.29) is 11.4 Å². The second-order valence-corrected chi connectivity index (χ2v) is 11.5. The van der Waals surface area contributed by atoms with Crippen LogP contribution in [0.4, 0.5) is 11.4 Å². The van der Waals surface area contributed by atoms with Crippen LogP contribution in [0, 0.1) is 42.9 Å². The maximum atomic E-state index is 14.5. The number of non-ortho nitro benzene ring substituents is 2. The van der Waals surface area contributed by atoms with Crippen LogP contribution in [0.1, 0.15) is 43.9 Å². The van der Waals surface area contributed by atoms with E-state index < -0.39 is 30.2 Å². The summed E-state index contributed by atoms with van der Waals surface area (Å²) in [6.45, 7) is 0. The first-order valence-electron chi connectivity index (χ1n) is 12.7. The minimum absolute atomic E-state index is 0.157. The normalized spacial score (nSPS) is 12.8. The fourth-order valence-electron chi connectivity index (χ4n) is 4.35. The van der Waals surface area contributed by atoms with Gasteiger partial charge < -0.3 is 0 Å². The lowest BCUT2D eigenvalue weighted by Gasteiger charge is -2.22. The SMILES string of the molecule is N#Cc1ccc(C(C=Cc2cccc([N+](=O)[O-])c2)S(=O)(=O)C(C=Cc2cccc([N+](=O)[O-])c2)c2ccc(C#N)cc2)cc1. The Kier molecular flexibility index (Phi) is 9.21. The highest BCUT2D eigenvalue weighted by Crippen LogP contribution is 2.37. The summed E-state index contributed by atoms with van der Waals surface area (Å²) in [7, 11) is -4.21. The summed E-state index contributed by atoms with van der Waals surface area (Å²) in [5.74, 6) is 0. The summed E-state index contributed by atoms with van der Waals surface area (Å²) in [5, 5.41) is 38.5. The van der Waals surface area contributed by atoms with Crippen molar-refractivity contribution in [3.05, 3.63) is 163 Å². The number of nitrogens with zero attached hydrogens (tertiary/aromatic N) is 4. The van der Waals surface area contributed by atoms with E-state index in [1.165, 1.54) is 109 Å². The Balaban J connectivity index is 1.86. The average molecular weight is 591 g/mol. The molecule has 0 fully saturated rings. The number of nitro groups is 2. The third-order valence-electron chi connectivity index (χ3n) is 6.53. The number of rotatable bonds is 10. The fraction of sp³-hybridized carbons (Fsp3) is 0.0625. The number of hydrogen-bond donors (Lipinski definition) is 0. The molecule has 4 rings (SSSR count). The van der Waals surface area contributed by atoms with Crippen LogP contribution < -0.4 is 0 Å². The van der Waals surface area contributed by atoms with E-state index >= 15 is 0 Å². The molecule has 0 saturated heterocycles. The van der Waals surface area contributed by atoms with Gasteiger partial charge in [-0.25, -0.2) is 8.42 Å².